The van der Waals surface area contributed by atoms with Gasteiger partial charge >= 0.3 is 0 Å². The van der Waals surface area contributed by atoms with Crippen molar-refractivity contribution in [3.05, 3.63) is 114 Å². The minimum atomic E-state index is -0.537. The molecule has 1 heterocycles. The number of amidine groups is 1. The van der Waals surface area contributed by atoms with E-state index >= 15 is 0 Å². The van der Waals surface area contributed by atoms with Crippen LogP contribution in [0.5, 0.6) is 11.5 Å². The van der Waals surface area contributed by atoms with Gasteiger partial charge in [-0.15, -0.1) is 0 Å². The van der Waals surface area contributed by atoms with Crippen LogP contribution in [0.1, 0.15) is 11.7 Å². The van der Waals surface area contributed by atoms with E-state index in [1.54, 1.807) is 6.07 Å². The first-order valence-corrected chi connectivity index (χ1v) is 12.0. The lowest BCUT2D eigenvalue weighted by Gasteiger charge is -2.29. The van der Waals surface area contributed by atoms with Gasteiger partial charge in [-0.1, -0.05) is 65.3 Å². The molecule has 6 nitrogen and oxygen atoms in total. The van der Waals surface area contributed by atoms with Crippen molar-refractivity contribution in [1.82, 2.24) is 0 Å². The molecule has 0 aromatic heterocycles. The molecule has 1 aliphatic heterocycles. The first kappa shape index (κ1) is 23.6. The Morgan fingerprint density at radius 2 is 1.53 bits per heavy atom. The van der Waals surface area contributed by atoms with Crippen LogP contribution in [0.4, 0.5) is 17.1 Å². The molecular formula is C29H26ClN3O3. The van der Waals surface area contributed by atoms with Gasteiger partial charge in [0, 0.05) is 34.2 Å². The first-order valence-electron chi connectivity index (χ1n) is 11.6. The van der Waals surface area contributed by atoms with Gasteiger partial charge in [-0.2, -0.15) is 0 Å². The number of hydrogen-bond donors (Lipinski definition) is 2. The third kappa shape index (κ3) is 4.81. The fourth-order valence-electron chi connectivity index (χ4n) is 4.36. The molecule has 0 radical (unpaired) electrons. The lowest BCUT2D eigenvalue weighted by atomic mass is 9.92. The number of rotatable bonds is 7. The monoisotopic (exact) mass is 499 g/mol. The number of oxime groups is 1. The van der Waals surface area contributed by atoms with Crippen molar-refractivity contribution in [2.24, 2.45) is 11.1 Å². The van der Waals surface area contributed by atoms with Crippen LogP contribution in [0.2, 0.25) is 5.02 Å². The highest BCUT2D eigenvalue weighted by molar-refractivity contribution is 6.30. The molecule has 0 fully saturated rings. The third-order valence-electron chi connectivity index (χ3n) is 6.14. The first-order chi connectivity index (χ1) is 17.7. The molecule has 0 amide bonds. The second-order valence-electron chi connectivity index (χ2n) is 8.37. The summed E-state index contributed by atoms with van der Waals surface area (Å²) in [6.07, 6.45) is -0.537. The highest BCUT2D eigenvalue weighted by Crippen LogP contribution is 2.43. The number of benzene rings is 4. The number of nitrogens with zero attached hydrogens (tertiary/aromatic N) is 2. The summed E-state index contributed by atoms with van der Waals surface area (Å²) in [4.78, 5) is 8.13. The topological polar surface area (TPSA) is 66.3 Å². The van der Waals surface area contributed by atoms with Crippen molar-refractivity contribution < 1.29 is 14.7 Å². The summed E-state index contributed by atoms with van der Waals surface area (Å²) in [5.41, 5.74) is 3.44. The molecule has 0 aliphatic carbocycles. The van der Waals surface area contributed by atoms with E-state index in [9.17, 15) is 5.11 Å². The van der Waals surface area contributed by atoms with Gasteiger partial charge in [0.1, 0.15) is 0 Å². The van der Waals surface area contributed by atoms with Crippen LogP contribution in [-0.2, 0) is 4.84 Å². The molecule has 0 saturated heterocycles. The fourth-order valence-corrected chi connectivity index (χ4v) is 4.49. The Morgan fingerprint density at radius 1 is 0.889 bits per heavy atom. The Balaban J connectivity index is 1.55. The van der Waals surface area contributed by atoms with Crippen molar-refractivity contribution in [2.75, 3.05) is 23.9 Å². The zero-order chi connectivity index (χ0) is 24.9. The minimum Gasteiger partial charge on any atom is -0.504 e. The molecule has 1 aliphatic rings. The predicted molar refractivity (Wildman–Crippen MR) is 144 cm³/mol. The molecule has 4 aromatic carbocycles. The Bertz CT molecular complexity index is 1290. The standard InChI is InChI=1S/C29H26ClN3O3/c1-35-26-14-8-13-24(27(26)34)28-25(19-31-21-17-15-20(30)16-18-21)29(32-36-28)33(22-9-4-2-5-10-22)23-11-6-3-7-12-23/h2-18,25,28,31,34H,19H2,1H3. The van der Waals surface area contributed by atoms with Crippen molar-refractivity contribution in [3.63, 3.8) is 0 Å². The summed E-state index contributed by atoms with van der Waals surface area (Å²) < 4.78 is 5.35. The van der Waals surface area contributed by atoms with Crippen molar-refractivity contribution in [2.45, 2.75) is 6.10 Å². The number of hydrogen-bond acceptors (Lipinski definition) is 6. The Hall–Kier alpha value is -4.16. The van der Waals surface area contributed by atoms with Gasteiger partial charge in [0.15, 0.2) is 23.4 Å². The number of phenolic OH excluding ortho intramolecular Hbond substituents is 1. The normalized spacial score (nSPS) is 16.7. The summed E-state index contributed by atoms with van der Waals surface area (Å²) in [5, 5.41) is 19.7. The lowest BCUT2D eigenvalue weighted by molar-refractivity contribution is 0.0619. The van der Waals surface area contributed by atoms with Crippen molar-refractivity contribution >= 4 is 34.5 Å². The van der Waals surface area contributed by atoms with E-state index in [0.29, 0.717) is 22.9 Å². The Kier molecular flexibility index (Phi) is 6.96. The zero-order valence-corrected chi connectivity index (χ0v) is 20.5. The largest absolute Gasteiger partial charge is 0.504 e. The average molecular weight is 500 g/mol. The maximum atomic E-state index is 10.9. The average Bonchev–Trinajstić information content (AvgIpc) is 3.33. The van der Waals surface area contributed by atoms with E-state index < -0.39 is 6.10 Å². The number of ether oxygens (including phenoxy) is 1. The number of methoxy groups -OCH3 is 1. The smallest absolute Gasteiger partial charge is 0.168 e. The van der Waals surface area contributed by atoms with Crippen LogP contribution in [0, 0.1) is 5.92 Å². The SMILES string of the molecule is COc1cccc(C2ON=C(N(c3ccccc3)c3ccccc3)C2CNc2ccc(Cl)cc2)c1O. The van der Waals surface area contributed by atoms with Crippen LogP contribution in [-0.4, -0.2) is 24.6 Å². The molecule has 7 heteroatoms. The molecular weight excluding hydrogens is 474 g/mol. The van der Waals surface area contributed by atoms with E-state index in [4.69, 9.17) is 21.2 Å². The Labute approximate surface area is 215 Å². The van der Waals surface area contributed by atoms with Gasteiger partial charge in [-0.25, -0.2) is 0 Å². The minimum absolute atomic E-state index is 0.0453. The van der Waals surface area contributed by atoms with Gasteiger partial charge in [0.05, 0.1) is 13.0 Å². The number of aromatic hydroxyl groups is 1. The molecule has 0 saturated carbocycles. The molecule has 182 valence electrons. The van der Waals surface area contributed by atoms with Crippen LogP contribution in [0.3, 0.4) is 0 Å². The highest BCUT2D eigenvalue weighted by atomic mass is 35.5. The van der Waals surface area contributed by atoms with Crippen LogP contribution in [0.15, 0.2) is 108 Å². The number of anilines is 3. The summed E-state index contributed by atoms with van der Waals surface area (Å²) in [7, 11) is 1.53. The number of phenols is 1. The maximum Gasteiger partial charge on any atom is 0.168 e. The van der Waals surface area contributed by atoms with Crippen molar-refractivity contribution in [1.29, 1.82) is 0 Å². The molecule has 2 atom stereocenters. The fraction of sp³-hybridized carbons (Fsp3) is 0.138. The number of halogens is 1. The highest BCUT2D eigenvalue weighted by Gasteiger charge is 2.41. The molecule has 4 aromatic rings. The van der Waals surface area contributed by atoms with Gasteiger partial charge in [-0.05, 0) is 54.6 Å². The second kappa shape index (κ2) is 10.6. The molecule has 0 spiro atoms. The van der Waals surface area contributed by atoms with E-state index in [1.165, 1.54) is 7.11 Å². The number of para-hydroxylation sites is 3. The molecule has 2 N–H and O–H groups in total. The van der Waals surface area contributed by atoms with E-state index in [0.717, 1.165) is 22.9 Å². The summed E-state index contributed by atoms with van der Waals surface area (Å²) in [5.74, 6) is 0.904. The zero-order valence-electron chi connectivity index (χ0n) is 19.7. The molecule has 2 unspecified atom stereocenters. The number of nitrogens with one attached hydrogen (secondary N) is 1. The quantitative estimate of drug-likeness (QED) is 0.286. The van der Waals surface area contributed by atoms with E-state index in [2.05, 4.69) is 15.4 Å². The lowest BCUT2D eigenvalue weighted by Crippen LogP contribution is -2.36. The molecule has 5 rings (SSSR count). The third-order valence-corrected chi connectivity index (χ3v) is 6.39. The summed E-state index contributed by atoms with van der Waals surface area (Å²) in [6.45, 7) is 0.498. The van der Waals surface area contributed by atoms with E-state index in [1.807, 2.05) is 97.1 Å². The second-order valence-corrected chi connectivity index (χ2v) is 8.81. The van der Waals surface area contributed by atoms with Gasteiger partial charge in [0.2, 0.25) is 0 Å². The Morgan fingerprint density at radius 3 is 2.14 bits per heavy atom. The van der Waals surface area contributed by atoms with Gasteiger partial charge in [0.25, 0.3) is 0 Å². The summed E-state index contributed by atoms with van der Waals surface area (Å²) >= 11 is 6.08. The van der Waals surface area contributed by atoms with Crippen LogP contribution in [0.25, 0.3) is 0 Å². The van der Waals surface area contributed by atoms with Gasteiger partial charge in [-0.3, -0.25) is 4.90 Å². The predicted octanol–water partition coefficient (Wildman–Crippen LogP) is 7.01. The summed E-state index contributed by atoms with van der Waals surface area (Å²) in [6, 6.07) is 33.0. The molecule has 36 heavy (non-hydrogen) atoms. The van der Waals surface area contributed by atoms with Crippen molar-refractivity contribution in [3.8, 4) is 11.5 Å². The molecule has 0 bridgehead atoms. The maximum absolute atomic E-state index is 10.9. The van der Waals surface area contributed by atoms with E-state index in [-0.39, 0.29) is 11.7 Å². The van der Waals surface area contributed by atoms with Crippen LogP contribution < -0.4 is 15.0 Å². The van der Waals surface area contributed by atoms with Gasteiger partial charge < -0.3 is 20.0 Å². The van der Waals surface area contributed by atoms with Crippen LogP contribution >= 0.6 is 11.6 Å².